The van der Waals surface area contributed by atoms with E-state index in [2.05, 4.69) is 37.3 Å². The second-order valence-corrected chi connectivity index (χ2v) is 8.74. The molecule has 0 radical (unpaired) electrons. The molecule has 0 atom stereocenters. The van der Waals surface area contributed by atoms with Crippen molar-refractivity contribution in [1.82, 2.24) is 16.3 Å². The Morgan fingerprint density at radius 1 is 0.971 bits per heavy atom. The average molecular weight is 539 g/mol. The second-order valence-electron chi connectivity index (χ2n) is 7.82. The molecule has 0 aliphatic heterocycles. The molecule has 1 aliphatic carbocycles. The number of hydrogen-bond donors (Lipinski definition) is 3. The van der Waals surface area contributed by atoms with E-state index in [0.29, 0.717) is 46.8 Å². The zero-order valence-corrected chi connectivity index (χ0v) is 20.7. The summed E-state index contributed by atoms with van der Waals surface area (Å²) in [5.41, 5.74) is 10.0. The molecule has 1 heterocycles. The van der Waals surface area contributed by atoms with Crippen molar-refractivity contribution in [2.75, 3.05) is 7.11 Å². The molecule has 3 amide bonds. The highest BCUT2D eigenvalue weighted by Crippen LogP contribution is 2.30. The predicted molar refractivity (Wildman–Crippen MR) is 132 cm³/mol. The Kier molecular flexibility index (Phi) is 7.31. The molecule has 180 valence electrons. The van der Waals surface area contributed by atoms with Crippen LogP contribution in [0.3, 0.4) is 0 Å². The van der Waals surface area contributed by atoms with Gasteiger partial charge in [-0.1, -0.05) is 28.1 Å². The SMILES string of the molecule is COc1ccccc1C(=O)NNC(=O)c1oc2c(c1C)/C(=N/NC(=O)c1ccc(Br)cc1)CCC2. The van der Waals surface area contributed by atoms with Crippen LogP contribution in [0.15, 0.2) is 62.5 Å². The zero-order chi connectivity index (χ0) is 24.9. The number of hydrazone groups is 1. The molecule has 3 N–H and O–H groups in total. The third-order valence-electron chi connectivity index (χ3n) is 5.57. The van der Waals surface area contributed by atoms with E-state index in [1.165, 1.54) is 7.11 Å². The molecule has 35 heavy (non-hydrogen) atoms. The topological polar surface area (TPSA) is 122 Å². The summed E-state index contributed by atoms with van der Waals surface area (Å²) in [6.07, 6.45) is 2.02. The number of furan rings is 1. The van der Waals surface area contributed by atoms with E-state index in [9.17, 15) is 14.4 Å². The number of carbonyl (C=O) groups excluding carboxylic acids is 3. The van der Waals surface area contributed by atoms with E-state index in [1.54, 1.807) is 55.5 Å². The van der Waals surface area contributed by atoms with Gasteiger partial charge in [-0.15, -0.1) is 0 Å². The first-order valence-electron chi connectivity index (χ1n) is 10.9. The number of benzene rings is 2. The van der Waals surface area contributed by atoms with Crippen LogP contribution in [0.5, 0.6) is 5.75 Å². The molecule has 0 bridgehead atoms. The second kappa shape index (κ2) is 10.6. The minimum Gasteiger partial charge on any atom is -0.496 e. The van der Waals surface area contributed by atoms with E-state index in [0.717, 1.165) is 10.9 Å². The quantitative estimate of drug-likeness (QED) is 0.425. The molecule has 3 aromatic rings. The number of nitrogens with zero attached hydrogens (tertiary/aromatic N) is 1. The van der Waals surface area contributed by atoms with E-state index in [1.807, 2.05) is 0 Å². The van der Waals surface area contributed by atoms with Gasteiger partial charge in [-0.2, -0.15) is 5.10 Å². The number of amides is 3. The molecule has 4 rings (SSSR count). The fourth-order valence-corrected chi connectivity index (χ4v) is 4.11. The molecule has 0 unspecified atom stereocenters. The maximum atomic E-state index is 12.8. The predicted octanol–water partition coefficient (Wildman–Crippen LogP) is 3.90. The number of hydrazine groups is 1. The zero-order valence-electron chi connectivity index (χ0n) is 19.1. The molecule has 0 saturated heterocycles. The smallest absolute Gasteiger partial charge is 0.305 e. The van der Waals surface area contributed by atoms with Gasteiger partial charge in [-0.25, -0.2) is 5.43 Å². The van der Waals surface area contributed by atoms with Gasteiger partial charge in [0.25, 0.3) is 11.8 Å². The Hall–Kier alpha value is -3.92. The van der Waals surface area contributed by atoms with E-state index >= 15 is 0 Å². The normalized spacial score (nSPS) is 13.6. The molecular formula is C25H23BrN4O5. The Balaban J connectivity index is 1.48. The summed E-state index contributed by atoms with van der Waals surface area (Å²) in [6.45, 7) is 1.75. The highest BCUT2D eigenvalue weighted by Gasteiger charge is 2.28. The minimum atomic E-state index is -0.599. The van der Waals surface area contributed by atoms with E-state index < -0.39 is 11.8 Å². The van der Waals surface area contributed by atoms with Crippen LogP contribution in [0.4, 0.5) is 0 Å². The van der Waals surface area contributed by atoms with Crippen LogP contribution in [-0.2, 0) is 6.42 Å². The molecule has 2 aromatic carbocycles. The Labute approximate surface area is 210 Å². The monoisotopic (exact) mass is 538 g/mol. The van der Waals surface area contributed by atoms with E-state index in [-0.39, 0.29) is 17.2 Å². The number of rotatable bonds is 5. The third kappa shape index (κ3) is 5.27. The van der Waals surface area contributed by atoms with Gasteiger partial charge in [0, 0.05) is 27.6 Å². The summed E-state index contributed by atoms with van der Waals surface area (Å²) in [7, 11) is 1.46. The molecule has 0 spiro atoms. The third-order valence-corrected chi connectivity index (χ3v) is 6.10. The lowest BCUT2D eigenvalue weighted by Crippen LogP contribution is -2.41. The maximum Gasteiger partial charge on any atom is 0.305 e. The lowest BCUT2D eigenvalue weighted by atomic mass is 9.93. The lowest BCUT2D eigenvalue weighted by Gasteiger charge is -2.13. The largest absolute Gasteiger partial charge is 0.496 e. The first-order chi connectivity index (χ1) is 16.9. The lowest BCUT2D eigenvalue weighted by molar-refractivity contribution is 0.0827. The van der Waals surface area contributed by atoms with Gasteiger partial charge < -0.3 is 9.15 Å². The summed E-state index contributed by atoms with van der Waals surface area (Å²) in [5, 5.41) is 4.32. The first kappa shape index (κ1) is 24.2. The number of nitrogens with one attached hydrogen (secondary N) is 3. The van der Waals surface area contributed by atoms with Crippen LogP contribution in [0, 0.1) is 6.92 Å². The highest BCUT2D eigenvalue weighted by molar-refractivity contribution is 9.10. The first-order valence-corrected chi connectivity index (χ1v) is 11.7. The maximum absolute atomic E-state index is 12.8. The van der Waals surface area contributed by atoms with Gasteiger partial charge in [0.05, 0.1) is 18.4 Å². The number of hydrogen-bond acceptors (Lipinski definition) is 6. The molecule has 0 saturated carbocycles. The summed E-state index contributed by atoms with van der Waals surface area (Å²) >= 11 is 3.34. The van der Waals surface area contributed by atoms with Crippen molar-refractivity contribution >= 4 is 39.4 Å². The summed E-state index contributed by atoms with van der Waals surface area (Å²) in [5.74, 6) is -0.387. The van der Waals surface area contributed by atoms with Gasteiger partial charge in [0.15, 0.2) is 5.76 Å². The number of aryl methyl sites for hydroxylation is 1. The van der Waals surface area contributed by atoms with Crippen LogP contribution in [0.2, 0.25) is 0 Å². The van der Waals surface area contributed by atoms with Crippen molar-refractivity contribution in [3.05, 3.63) is 86.8 Å². The van der Waals surface area contributed by atoms with Gasteiger partial charge >= 0.3 is 5.91 Å². The molecule has 10 heteroatoms. The van der Waals surface area contributed by atoms with Crippen molar-refractivity contribution in [3.63, 3.8) is 0 Å². The molecule has 0 fully saturated rings. The van der Waals surface area contributed by atoms with Crippen LogP contribution >= 0.6 is 15.9 Å². The Bertz CT molecular complexity index is 1310. The van der Waals surface area contributed by atoms with Crippen molar-refractivity contribution < 1.29 is 23.5 Å². The molecule has 1 aliphatic rings. The van der Waals surface area contributed by atoms with Crippen LogP contribution < -0.4 is 21.0 Å². The van der Waals surface area contributed by atoms with Crippen molar-refractivity contribution in [1.29, 1.82) is 0 Å². The fourth-order valence-electron chi connectivity index (χ4n) is 3.85. The van der Waals surface area contributed by atoms with Crippen molar-refractivity contribution in [3.8, 4) is 5.75 Å². The Morgan fingerprint density at radius 2 is 1.69 bits per heavy atom. The summed E-state index contributed by atoms with van der Waals surface area (Å²) in [6, 6.07) is 13.6. The number of halogens is 1. The van der Waals surface area contributed by atoms with E-state index in [4.69, 9.17) is 9.15 Å². The minimum absolute atomic E-state index is 0.0733. The molecular weight excluding hydrogens is 516 g/mol. The van der Waals surface area contributed by atoms with Gasteiger partial charge in [-0.3, -0.25) is 25.2 Å². The fraction of sp³-hybridized carbons (Fsp3) is 0.200. The van der Waals surface area contributed by atoms with Gasteiger partial charge in [0.1, 0.15) is 11.5 Å². The number of ether oxygens (including phenoxy) is 1. The molecule has 1 aromatic heterocycles. The van der Waals surface area contributed by atoms with Crippen LogP contribution in [0.25, 0.3) is 0 Å². The van der Waals surface area contributed by atoms with Crippen molar-refractivity contribution in [2.24, 2.45) is 5.10 Å². The van der Waals surface area contributed by atoms with Gasteiger partial charge in [-0.05, 0) is 56.2 Å². The highest BCUT2D eigenvalue weighted by atomic mass is 79.9. The molecule has 9 nitrogen and oxygen atoms in total. The van der Waals surface area contributed by atoms with Gasteiger partial charge in [0.2, 0.25) is 0 Å². The summed E-state index contributed by atoms with van der Waals surface area (Å²) in [4.78, 5) is 37.7. The van der Waals surface area contributed by atoms with Crippen LogP contribution in [0.1, 0.15) is 61.0 Å². The standard InChI is InChI=1S/C25H23BrN4O5/c1-14-21-18(27-28-23(31)15-10-12-16(26)13-11-15)7-5-9-20(21)35-22(14)25(33)30-29-24(32)17-6-3-4-8-19(17)34-2/h3-4,6,8,10-13H,5,7,9H2,1-2H3,(H,28,31)(H,29,32)(H,30,33)/b27-18+. The van der Waals surface area contributed by atoms with Crippen molar-refractivity contribution in [2.45, 2.75) is 26.2 Å². The summed E-state index contributed by atoms with van der Waals surface area (Å²) < 4.78 is 11.9. The number of carbonyl (C=O) groups is 3. The Morgan fingerprint density at radius 3 is 2.43 bits per heavy atom. The number of methoxy groups -OCH3 is 1. The average Bonchev–Trinajstić information content (AvgIpc) is 3.23. The number of fused-ring (bicyclic) bond motifs is 1. The number of para-hydroxylation sites is 1. The van der Waals surface area contributed by atoms with Crippen LogP contribution in [-0.4, -0.2) is 30.5 Å².